The molecule has 0 aromatic heterocycles. The van der Waals surface area contributed by atoms with Gasteiger partial charge in [-0.3, -0.25) is 4.79 Å². The van der Waals surface area contributed by atoms with Crippen LogP contribution in [0.5, 0.6) is 0 Å². The van der Waals surface area contributed by atoms with Crippen LogP contribution in [0, 0.1) is 23.2 Å². The minimum absolute atomic E-state index is 0.121. The Morgan fingerprint density at radius 2 is 1.76 bits per heavy atom. The van der Waals surface area contributed by atoms with Crippen molar-refractivity contribution >= 4 is 18.1 Å². The number of ether oxygens (including phenoxy) is 2. The monoisotopic (exact) mass is 407 g/mol. The molecule has 5 rings (SSSR count). The Morgan fingerprint density at radius 1 is 1.10 bits per heavy atom. The molecule has 5 aliphatic rings. The Morgan fingerprint density at radius 3 is 2.34 bits per heavy atom. The van der Waals surface area contributed by atoms with Crippen LogP contribution in [0.2, 0.25) is 0 Å². The van der Waals surface area contributed by atoms with Crippen LogP contribution in [-0.2, 0) is 14.3 Å². The van der Waals surface area contributed by atoms with Gasteiger partial charge in [-0.2, -0.15) is 0 Å². The molecule has 1 saturated heterocycles. The van der Waals surface area contributed by atoms with E-state index in [0.29, 0.717) is 25.4 Å². The number of alkyl carbamates (subject to hydrolysis) is 1. The van der Waals surface area contributed by atoms with Crippen molar-refractivity contribution in [3.05, 3.63) is 0 Å². The summed E-state index contributed by atoms with van der Waals surface area (Å²) in [6.07, 6.45) is 4.22. The summed E-state index contributed by atoms with van der Waals surface area (Å²) in [5.74, 6) is 0.813. The van der Waals surface area contributed by atoms with Gasteiger partial charge in [-0.25, -0.2) is 9.59 Å². The van der Waals surface area contributed by atoms with Crippen molar-refractivity contribution in [3.63, 3.8) is 0 Å². The van der Waals surface area contributed by atoms with Crippen molar-refractivity contribution in [2.24, 2.45) is 28.9 Å². The molecular formula is C21H33N3O5. The summed E-state index contributed by atoms with van der Waals surface area (Å²) >= 11 is 0. The second kappa shape index (κ2) is 7.06. The molecule has 3 amide bonds. The highest BCUT2D eigenvalue weighted by molar-refractivity contribution is 5.81. The zero-order chi connectivity index (χ0) is 21.0. The molecule has 1 unspecified atom stereocenters. The van der Waals surface area contributed by atoms with E-state index in [2.05, 4.69) is 5.32 Å². The zero-order valence-corrected chi connectivity index (χ0v) is 17.6. The first-order chi connectivity index (χ1) is 13.5. The fraction of sp³-hybridized carbons (Fsp3) is 0.857. The molecule has 4 aliphatic carbocycles. The van der Waals surface area contributed by atoms with Gasteiger partial charge in [0.15, 0.2) is 0 Å². The lowest BCUT2D eigenvalue weighted by atomic mass is 9.48. The van der Waals surface area contributed by atoms with Gasteiger partial charge < -0.3 is 25.4 Å². The Bertz CT molecular complexity index is 687. The third-order valence-electron chi connectivity index (χ3n) is 7.11. The predicted octanol–water partition coefficient (Wildman–Crippen LogP) is 2.40. The molecule has 5 fully saturated rings. The van der Waals surface area contributed by atoms with Gasteiger partial charge in [0.2, 0.25) is 5.91 Å². The van der Waals surface area contributed by atoms with Crippen molar-refractivity contribution in [3.8, 4) is 0 Å². The maximum Gasteiger partial charge on any atom is 0.410 e. The summed E-state index contributed by atoms with van der Waals surface area (Å²) in [5, 5.41) is 2.83. The first-order valence-corrected chi connectivity index (χ1v) is 10.8. The third kappa shape index (κ3) is 4.03. The summed E-state index contributed by atoms with van der Waals surface area (Å²) in [4.78, 5) is 38.5. The van der Waals surface area contributed by atoms with E-state index in [9.17, 15) is 14.4 Å². The van der Waals surface area contributed by atoms with E-state index >= 15 is 0 Å². The van der Waals surface area contributed by atoms with Crippen LogP contribution >= 0.6 is 0 Å². The smallest absolute Gasteiger partial charge is 0.410 e. The molecule has 162 valence electrons. The van der Waals surface area contributed by atoms with E-state index in [1.807, 2.05) is 20.8 Å². The maximum atomic E-state index is 12.8. The lowest BCUT2D eigenvalue weighted by molar-refractivity contribution is -0.161. The van der Waals surface area contributed by atoms with Crippen molar-refractivity contribution in [2.75, 3.05) is 13.1 Å². The number of primary amides is 1. The van der Waals surface area contributed by atoms with Crippen LogP contribution in [0.15, 0.2) is 0 Å². The largest absolute Gasteiger partial charge is 0.446 e. The van der Waals surface area contributed by atoms with Crippen molar-refractivity contribution in [1.82, 2.24) is 10.2 Å². The third-order valence-corrected chi connectivity index (χ3v) is 7.11. The highest BCUT2D eigenvalue weighted by atomic mass is 16.6. The molecule has 0 aromatic carbocycles. The van der Waals surface area contributed by atoms with Crippen molar-refractivity contribution in [2.45, 2.75) is 77.0 Å². The number of rotatable bonds is 3. The minimum Gasteiger partial charge on any atom is -0.446 e. The van der Waals surface area contributed by atoms with Gasteiger partial charge in [0, 0.05) is 13.1 Å². The Kier molecular flexibility index (Phi) is 4.94. The fourth-order valence-electron chi connectivity index (χ4n) is 6.18. The standard InChI is InChI=1S/C21H33N3O5/c1-20(2,3)29-18(26)23-15-4-5-24(11-15)19(27)28-16-13-6-12-7-14(16)10-21(8-12,9-13)17(22)25/h12-16H,4-11H2,1-3H3,(H2,22,25)(H,23,26)/t12?,13-,14-,15?,16?,21?/m1/s1. The van der Waals surface area contributed by atoms with Gasteiger partial charge in [0.05, 0.1) is 11.5 Å². The molecule has 1 heterocycles. The van der Waals surface area contributed by atoms with Gasteiger partial charge >= 0.3 is 12.2 Å². The normalized spacial score (nSPS) is 38.0. The van der Waals surface area contributed by atoms with Crippen molar-refractivity contribution in [1.29, 1.82) is 0 Å². The second-order valence-corrected chi connectivity index (χ2v) is 10.5. The fourth-order valence-corrected chi connectivity index (χ4v) is 6.18. The first-order valence-electron chi connectivity index (χ1n) is 10.8. The molecule has 0 spiro atoms. The summed E-state index contributed by atoms with van der Waals surface area (Å²) < 4.78 is 11.2. The molecule has 0 aromatic rings. The average Bonchev–Trinajstić information content (AvgIpc) is 3.04. The van der Waals surface area contributed by atoms with Gasteiger partial charge in [-0.05, 0) is 77.0 Å². The van der Waals surface area contributed by atoms with E-state index in [-0.39, 0.29) is 41.4 Å². The molecule has 4 saturated carbocycles. The second-order valence-electron chi connectivity index (χ2n) is 10.5. The van der Waals surface area contributed by atoms with Crippen LogP contribution in [0.25, 0.3) is 0 Å². The number of nitrogens with two attached hydrogens (primary N) is 1. The van der Waals surface area contributed by atoms with Gasteiger partial charge in [-0.15, -0.1) is 0 Å². The number of hydrogen-bond acceptors (Lipinski definition) is 5. The zero-order valence-electron chi connectivity index (χ0n) is 17.6. The predicted molar refractivity (Wildman–Crippen MR) is 105 cm³/mol. The van der Waals surface area contributed by atoms with Crippen LogP contribution in [0.3, 0.4) is 0 Å². The van der Waals surface area contributed by atoms with Gasteiger partial charge in [0.1, 0.15) is 11.7 Å². The number of hydrogen-bond donors (Lipinski definition) is 2. The van der Waals surface area contributed by atoms with E-state index in [0.717, 1.165) is 32.1 Å². The lowest BCUT2D eigenvalue weighted by Gasteiger charge is -2.58. The molecule has 4 bridgehead atoms. The SMILES string of the molecule is CC(C)(C)OC(=O)NC1CCN(C(=O)OC2[C@@H]3CC4C[C@@H]2CC(C(N)=O)(C4)C3)C1. The first kappa shape index (κ1) is 20.3. The van der Waals surface area contributed by atoms with Gasteiger partial charge in [0.25, 0.3) is 0 Å². The summed E-state index contributed by atoms with van der Waals surface area (Å²) in [6, 6.07) is -0.131. The number of nitrogens with zero attached hydrogens (tertiary/aromatic N) is 1. The summed E-state index contributed by atoms with van der Waals surface area (Å²) in [5.41, 5.74) is 4.80. The lowest BCUT2D eigenvalue weighted by Crippen LogP contribution is -2.59. The molecule has 29 heavy (non-hydrogen) atoms. The van der Waals surface area contributed by atoms with Crippen molar-refractivity contribution < 1.29 is 23.9 Å². The van der Waals surface area contributed by atoms with E-state index in [1.165, 1.54) is 0 Å². The van der Waals surface area contributed by atoms with Crippen LogP contribution < -0.4 is 11.1 Å². The molecule has 8 heteroatoms. The number of amides is 3. The molecule has 3 atom stereocenters. The topological polar surface area (TPSA) is 111 Å². The van der Waals surface area contributed by atoms with E-state index in [1.54, 1.807) is 4.90 Å². The highest BCUT2D eigenvalue weighted by Crippen LogP contribution is 2.60. The summed E-state index contributed by atoms with van der Waals surface area (Å²) in [7, 11) is 0. The molecular weight excluding hydrogens is 374 g/mol. The number of carbonyl (C=O) groups is 3. The Hall–Kier alpha value is -1.99. The van der Waals surface area contributed by atoms with E-state index in [4.69, 9.17) is 15.2 Å². The molecule has 3 N–H and O–H groups in total. The maximum absolute atomic E-state index is 12.8. The molecule has 0 radical (unpaired) electrons. The number of nitrogens with one attached hydrogen (secondary N) is 1. The highest BCUT2D eigenvalue weighted by Gasteiger charge is 2.59. The Balaban J connectivity index is 1.31. The molecule has 1 aliphatic heterocycles. The average molecular weight is 408 g/mol. The quantitative estimate of drug-likeness (QED) is 0.746. The van der Waals surface area contributed by atoms with Gasteiger partial charge in [-0.1, -0.05) is 0 Å². The van der Waals surface area contributed by atoms with Crippen LogP contribution in [0.4, 0.5) is 9.59 Å². The summed E-state index contributed by atoms with van der Waals surface area (Å²) in [6.45, 7) is 6.43. The number of likely N-dealkylation sites (tertiary alicyclic amines) is 1. The van der Waals surface area contributed by atoms with Crippen LogP contribution in [-0.4, -0.2) is 53.8 Å². The molecule has 8 nitrogen and oxygen atoms in total. The number of carbonyl (C=O) groups excluding carboxylic acids is 3. The van der Waals surface area contributed by atoms with E-state index < -0.39 is 11.7 Å². The van der Waals surface area contributed by atoms with Crippen LogP contribution in [0.1, 0.15) is 59.3 Å². The minimum atomic E-state index is -0.553. The Labute approximate surface area is 171 Å².